The van der Waals surface area contributed by atoms with Crippen molar-refractivity contribution < 1.29 is 9.47 Å². The van der Waals surface area contributed by atoms with Crippen LogP contribution in [0.2, 0.25) is 0 Å². The molecule has 0 amide bonds. The predicted molar refractivity (Wildman–Crippen MR) is 53.5 cm³/mol. The van der Waals surface area contributed by atoms with Crippen LogP contribution in [-0.2, 0) is 9.47 Å². The van der Waals surface area contributed by atoms with E-state index in [0.29, 0.717) is 32.5 Å². The number of aliphatic imine (C=N–C) groups is 1. The topological polar surface area (TPSA) is 54.9 Å². The second-order valence-electron chi connectivity index (χ2n) is 3.73. The van der Waals surface area contributed by atoms with Gasteiger partial charge in [0.05, 0.1) is 39.0 Å². The average Bonchev–Trinajstić information content (AvgIpc) is 2.43. The van der Waals surface area contributed by atoms with Gasteiger partial charge < -0.3 is 20.1 Å². The molecule has 2 heterocycles. The van der Waals surface area contributed by atoms with Crippen LogP contribution in [0.5, 0.6) is 0 Å². The molecule has 0 aromatic carbocycles. The van der Waals surface area contributed by atoms with Crippen LogP contribution in [0.1, 0.15) is 6.92 Å². The van der Waals surface area contributed by atoms with Crippen molar-refractivity contribution in [1.29, 1.82) is 0 Å². The van der Waals surface area contributed by atoms with Crippen molar-refractivity contribution in [1.82, 2.24) is 10.6 Å². The molecule has 1 fully saturated rings. The quantitative estimate of drug-likeness (QED) is 0.588. The average molecular weight is 199 g/mol. The molecule has 1 atom stereocenters. The summed E-state index contributed by atoms with van der Waals surface area (Å²) in [5, 5.41) is 6.53. The number of hydrogen-bond acceptors (Lipinski definition) is 5. The maximum atomic E-state index is 5.37. The molecule has 1 unspecified atom stereocenters. The van der Waals surface area contributed by atoms with E-state index in [4.69, 9.17) is 9.47 Å². The third kappa shape index (κ3) is 2.59. The van der Waals surface area contributed by atoms with E-state index in [1.807, 2.05) is 0 Å². The highest BCUT2D eigenvalue weighted by Crippen LogP contribution is 1.98. The summed E-state index contributed by atoms with van der Waals surface area (Å²) in [5.74, 6) is 0.872. The predicted octanol–water partition coefficient (Wildman–Crippen LogP) is -0.661. The Labute approximate surface area is 83.9 Å². The summed E-state index contributed by atoms with van der Waals surface area (Å²) in [6.45, 7) is 5.71. The standard InChI is InChI=1S/C9H17N3O2/c1-7-4-10-9(11-7)12-8-5-13-2-3-14-6-8/h7-8H,2-6H2,1H3,(H2,10,11,12). The molecule has 0 radical (unpaired) electrons. The molecule has 14 heavy (non-hydrogen) atoms. The fourth-order valence-corrected chi connectivity index (χ4v) is 1.53. The van der Waals surface area contributed by atoms with Gasteiger partial charge in [-0.15, -0.1) is 0 Å². The van der Waals surface area contributed by atoms with Crippen molar-refractivity contribution in [2.45, 2.75) is 19.0 Å². The Bertz CT molecular complexity index is 212. The first-order chi connectivity index (χ1) is 6.84. The molecular weight excluding hydrogens is 182 g/mol. The van der Waals surface area contributed by atoms with Crippen LogP contribution in [0.15, 0.2) is 4.99 Å². The van der Waals surface area contributed by atoms with E-state index in [9.17, 15) is 0 Å². The van der Waals surface area contributed by atoms with Gasteiger partial charge in [0.15, 0.2) is 5.96 Å². The van der Waals surface area contributed by atoms with Gasteiger partial charge in [-0.3, -0.25) is 4.99 Å². The lowest BCUT2D eigenvalue weighted by atomic mass is 10.3. The van der Waals surface area contributed by atoms with Gasteiger partial charge in [-0.1, -0.05) is 0 Å². The molecule has 1 saturated heterocycles. The minimum atomic E-state index is 0.217. The van der Waals surface area contributed by atoms with Gasteiger partial charge in [0.2, 0.25) is 0 Å². The Kier molecular flexibility index (Phi) is 3.21. The highest BCUT2D eigenvalue weighted by molar-refractivity contribution is 5.82. The van der Waals surface area contributed by atoms with E-state index >= 15 is 0 Å². The third-order valence-corrected chi connectivity index (χ3v) is 2.26. The Balaban J connectivity index is 1.78. The van der Waals surface area contributed by atoms with Crippen molar-refractivity contribution in [2.75, 3.05) is 33.0 Å². The van der Waals surface area contributed by atoms with Crippen LogP contribution in [0.4, 0.5) is 0 Å². The molecule has 2 rings (SSSR count). The SMILES string of the molecule is CC1CN=C(NC2COCCOC2)N1. The Hall–Kier alpha value is -0.810. The molecule has 80 valence electrons. The lowest BCUT2D eigenvalue weighted by molar-refractivity contribution is 0.103. The zero-order valence-corrected chi connectivity index (χ0v) is 8.45. The summed E-state index contributed by atoms with van der Waals surface area (Å²) in [7, 11) is 0. The highest BCUT2D eigenvalue weighted by atomic mass is 16.5. The minimum absolute atomic E-state index is 0.217. The van der Waals surface area contributed by atoms with Gasteiger partial charge in [-0.2, -0.15) is 0 Å². The number of rotatable bonds is 1. The summed E-state index contributed by atoms with van der Waals surface area (Å²) >= 11 is 0. The molecular formula is C9H17N3O2. The van der Waals surface area contributed by atoms with Crippen LogP contribution in [0, 0.1) is 0 Å². The zero-order valence-electron chi connectivity index (χ0n) is 8.45. The number of hydrogen-bond donors (Lipinski definition) is 2. The number of guanidine groups is 1. The number of nitrogens with zero attached hydrogens (tertiary/aromatic N) is 1. The maximum absolute atomic E-state index is 5.37. The first-order valence-electron chi connectivity index (χ1n) is 5.07. The van der Waals surface area contributed by atoms with E-state index < -0.39 is 0 Å². The third-order valence-electron chi connectivity index (χ3n) is 2.26. The maximum Gasteiger partial charge on any atom is 0.191 e. The van der Waals surface area contributed by atoms with Gasteiger partial charge >= 0.3 is 0 Å². The van der Waals surface area contributed by atoms with Gasteiger partial charge in [0.25, 0.3) is 0 Å². The van der Waals surface area contributed by atoms with Crippen molar-refractivity contribution in [3.8, 4) is 0 Å². The molecule has 2 aliphatic heterocycles. The van der Waals surface area contributed by atoms with Crippen molar-refractivity contribution in [3.63, 3.8) is 0 Å². The minimum Gasteiger partial charge on any atom is -0.377 e. The first kappa shape index (κ1) is 9.73. The molecule has 0 aliphatic carbocycles. The Morgan fingerprint density at radius 3 is 2.64 bits per heavy atom. The fraction of sp³-hybridized carbons (Fsp3) is 0.889. The molecule has 0 aromatic rings. The fourth-order valence-electron chi connectivity index (χ4n) is 1.53. The number of nitrogens with one attached hydrogen (secondary N) is 2. The molecule has 0 aromatic heterocycles. The van der Waals surface area contributed by atoms with Crippen molar-refractivity contribution in [2.24, 2.45) is 4.99 Å². The second kappa shape index (κ2) is 4.61. The van der Waals surface area contributed by atoms with Crippen LogP contribution < -0.4 is 10.6 Å². The van der Waals surface area contributed by atoms with Crippen LogP contribution >= 0.6 is 0 Å². The normalized spacial score (nSPS) is 29.2. The van der Waals surface area contributed by atoms with Crippen molar-refractivity contribution >= 4 is 5.96 Å². The molecule has 0 bridgehead atoms. The summed E-state index contributed by atoms with van der Waals surface area (Å²) < 4.78 is 10.7. The molecule has 0 spiro atoms. The molecule has 0 saturated carbocycles. The smallest absolute Gasteiger partial charge is 0.191 e. The Morgan fingerprint density at radius 1 is 1.36 bits per heavy atom. The summed E-state index contributed by atoms with van der Waals surface area (Å²) in [5.41, 5.74) is 0. The lowest BCUT2D eigenvalue weighted by Gasteiger charge is -2.17. The Morgan fingerprint density at radius 2 is 2.07 bits per heavy atom. The van der Waals surface area contributed by atoms with Gasteiger partial charge in [0, 0.05) is 6.04 Å². The van der Waals surface area contributed by atoms with Gasteiger partial charge in [-0.25, -0.2) is 0 Å². The van der Waals surface area contributed by atoms with Crippen LogP contribution in [0.25, 0.3) is 0 Å². The first-order valence-corrected chi connectivity index (χ1v) is 5.07. The zero-order chi connectivity index (χ0) is 9.80. The molecule has 2 aliphatic rings. The van der Waals surface area contributed by atoms with E-state index in [0.717, 1.165) is 12.5 Å². The van der Waals surface area contributed by atoms with Crippen LogP contribution in [0.3, 0.4) is 0 Å². The van der Waals surface area contributed by atoms with E-state index in [1.54, 1.807) is 0 Å². The van der Waals surface area contributed by atoms with E-state index in [2.05, 4.69) is 22.5 Å². The van der Waals surface area contributed by atoms with Gasteiger partial charge in [0.1, 0.15) is 0 Å². The summed E-state index contributed by atoms with van der Waals surface area (Å²) in [6, 6.07) is 0.652. The van der Waals surface area contributed by atoms with Crippen LogP contribution in [-0.4, -0.2) is 51.0 Å². The monoisotopic (exact) mass is 199 g/mol. The largest absolute Gasteiger partial charge is 0.377 e. The molecule has 5 nitrogen and oxygen atoms in total. The molecule has 2 N–H and O–H groups in total. The number of ether oxygens (including phenoxy) is 2. The van der Waals surface area contributed by atoms with E-state index in [-0.39, 0.29) is 6.04 Å². The lowest BCUT2D eigenvalue weighted by Crippen LogP contribution is -2.46. The second-order valence-corrected chi connectivity index (χ2v) is 3.73. The van der Waals surface area contributed by atoms with E-state index in [1.165, 1.54) is 0 Å². The van der Waals surface area contributed by atoms with Crippen molar-refractivity contribution in [3.05, 3.63) is 0 Å². The highest BCUT2D eigenvalue weighted by Gasteiger charge is 2.18. The summed E-state index contributed by atoms with van der Waals surface area (Å²) in [6.07, 6.45) is 0. The van der Waals surface area contributed by atoms with Gasteiger partial charge in [-0.05, 0) is 6.92 Å². The summed E-state index contributed by atoms with van der Waals surface area (Å²) in [4.78, 5) is 4.32. The molecule has 5 heteroatoms.